The van der Waals surface area contributed by atoms with E-state index in [1.165, 1.54) is 77.2 Å². The van der Waals surface area contributed by atoms with E-state index in [1.54, 1.807) is 0 Å². The number of benzene rings is 9. The zero-order valence-corrected chi connectivity index (χ0v) is 28.5. The van der Waals surface area contributed by atoms with Gasteiger partial charge in [-0.3, -0.25) is 0 Å². The van der Waals surface area contributed by atoms with Gasteiger partial charge in [-0.1, -0.05) is 158 Å². The Morgan fingerprint density at radius 1 is 0.288 bits per heavy atom. The topological polar surface area (TPSA) is 3.24 Å². The van der Waals surface area contributed by atoms with Crippen LogP contribution in [0.2, 0.25) is 0 Å². The van der Waals surface area contributed by atoms with Crippen LogP contribution >= 0.6 is 0 Å². The van der Waals surface area contributed by atoms with Gasteiger partial charge < -0.3 is 4.90 Å². The minimum absolute atomic E-state index is 0.531. The molecule has 2 aliphatic carbocycles. The molecule has 1 unspecified atom stereocenters. The molecule has 0 amide bonds. The highest BCUT2D eigenvalue weighted by Crippen LogP contribution is 2.62. The largest absolute Gasteiger partial charge is 0.310 e. The molecule has 0 saturated heterocycles. The molecular weight excluding hydrogens is 627 g/mol. The molecule has 0 radical (unpaired) electrons. The van der Waals surface area contributed by atoms with E-state index >= 15 is 0 Å². The molecule has 0 saturated carbocycles. The lowest BCUT2D eigenvalue weighted by atomic mass is 9.65. The van der Waals surface area contributed by atoms with Crippen molar-refractivity contribution in [3.05, 3.63) is 222 Å². The van der Waals surface area contributed by atoms with Crippen LogP contribution in [-0.2, 0) is 5.41 Å². The molecule has 11 rings (SSSR count). The predicted octanol–water partition coefficient (Wildman–Crippen LogP) is 13.5. The first-order valence-electron chi connectivity index (χ1n) is 18.1. The van der Waals surface area contributed by atoms with Gasteiger partial charge >= 0.3 is 0 Å². The zero-order valence-electron chi connectivity index (χ0n) is 28.5. The smallest absolute Gasteiger partial charge is 0.0725 e. The van der Waals surface area contributed by atoms with E-state index in [4.69, 9.17) is 0 Å². The maximum Gasteiger partial charge on any atom is 0.0725 e. The summed E-state index contributed by atoms with van der Waals surface area (Å²) in [6, 6.07) is 74.3. The fourth-order valence-corrected chi connectivity index (χ4v) is 9.32. The van der Waals surface area contributed by atoms with Crippen LogP contribution in [0.25, 0.3) is 54.9 Å². The van der Waals surface area contributed by atoms with Gasteiger partial charge in [0.1, 0.15) is 0 Å². The molecule has 1 atom stereocenters. The predicted molar refractivity (Wildman–Crippen MR) is 218 cm³/mol. The monoisotopic (exact) mass is 659 g/mol. The highest BCUT2D eigenvalue weighted by molar-refractivity contribution is 6.03. The second-order valence-electron chi connectivity index (χ2n) is 14.0. The Morgan fingerprint density at radius 3 is 1.56 bits per heavy atom. The minimum atomic E-state index is -0.531. The third-order valence-corrected chi connectivity index (χ3v) is 11.4. The van der Waals surface area contributed by atoms with Crippen molar-refractivity contribution >= 4 is 38.6 Å². The van der Waals surface area contributed by atoms with Crippen LogP contribution in [-0.4, -0.2) is 0 Å². The van der Waals surface area contributed by atoms with Gasteiger partial charge in [-0.25, -0.2) is 0 Å². The van der Waals surface area contributed by atoms with E-state index in [0.717, 1.165) is 17.1 Å². The average molecular weight is 660 g/mol. The molecule has 2 aliphatic rings. The third-order valence-electron chi connectivity index (χ3n) is 11.4. The van der Waals surface area contributed by atoms with Gasteiger partial charge in [-0.05, 0) is 114 Å². The number of anilines is 3. The van der Waals surface area contributed by atoms with Crippen LogP contribution < -0.4 is 4.90 Å². The zero-order chi connectivity index (χ0) is 34.2. The number of nitrogens with zero attached hydrogens (tertiary/aromatic N) is 1. The Bertz CT molecular complexity index is 2860. The van der Waals surface area contributed by atoms with E-state index in [-0.39, 0.29) is 0 Å². The molecular formula is C51H33N. The van der Waals surface area contributed by atoms with Crippen molar-refractivity contribution in [1.82, 2.24) is 0 Å². The van der Waals surface area contributed by atoms with E-state index < -0.39 is 5.41 Å². The summed E-state index contributed by atoms with van der Waals surface area (Å²) in [6.45, 7) is 0. The molecule has 0 fully saturated rings. The van der Waals surface area contributed by atoms with Gasteiger partial charge in [-0.2, -0.15) is 0 Å². The fraction of sp³-hybridized carbons (Fsp3) is 0.0196. The van der Waals surface area contributed by atoms with Gasteiger partial charge in [0.2, 0.25) is 0 Å². The molecule has 1 nitrogen and oxygen atoms in total. The first-order chi connectivity index (χ1) is 25.8. The van der Waals surface area contributed by atoms with E-state index in [2.05, 4.69) is 205 Å². The number of para-hydroxylation sites is 1. The highest BCUT2D eigenvalue weighted by atomic mass is 15.1. The third kappa shape index (κ3) is 3.99. The van der Waals surface area contributed by atoms with Crippen LogP contribution in [0.4, 0.5) is 17.1 Å². The standard InChI is InChI=1S/C51H33N/c1-2-19-37(20-3-1)52(50-28-14-18-34-15-6-7-21-39(34)50)38-29-30-48-45(33-38)41-23-9-8-22-40(41)42-24-10-12-26-46(42)51(48)47-27-13-11-25-43(47)44-31-35-16-4-5-17-36(35)32-49(44)51/h1-33H. The molecule has 0 bridgehead atoms. The summed E-state index contributed by atoms with van der Waals surface area (Å²) in [5, 5.41) is 4.97. The molecule has 0 aromatic heterocycles. The summed E-state index contributed by atoms with van der Waals surface area (Å²) in [5.41, 5.74) is 15.9. The van der Waals surface area contributed by atoms with Crippen LogP contribution in [0.15, 0.2) is 200 Å². The van der Waals surface area contributed by atoms with E-state index in [1.807, 2.05) is 0 Å². The fourth-order valence-electron chi connectivity index (χ4n) is 9.32. The number of rotatable bonds is 3. The molecule has 242 valence electrons. The maximum absolute atomic E-state index is 2.47. The van der Waals surface area contributed by atoms with Gasteiger partial charge in [0.15, 0.2) is 0 Å². The van der Waals surface area contributed by atoms with Gasteiger partial charge in [-0.15, -0.1) is 0 Å². The highest BCUT2D eigenvalue weighted by Gasteiger charge is 2.49. The Kier molecular flexibility index (Phi) is 6.23. The number of hydrogen-bond donors (Lipinski definition) is 0. The molecule has 1 heteroatoms. The molecule has 0 heterocycles. The van der Waals surface area contributed by atoms with Crippen molar-refractivity contribution < 1.29 is 0 Å². The first kappa shape index (κ1) is 29.1. The molecule has 0 N–H and O–H groups in total. The van der Waals surface area contributed by atoms with E-state index in [9.17, 15) is 0 Å². The minimum Gasteiger partial charge on any atom is -0.310 e. The van der Waals surface area contributed by atoms with Gasteiger partial charge in [0.25, 0.3) is 0 Å². The van der Waals surface area contributed by atoms with Crippen molar-refractivity contribution in [2.45, 2.75) is 5.41 Å². The lowest BCUT2D eigenvalue weighted by Gasteiger charge is -2.36. The summed E-state index contributed by atoms with van der Waals surface area (Å²) < 4.78 is 0. The van der Waals surface area contributed by atoms with Crippen molar-refractivity contribution in [2.75, 3.05) is 4.90 Å². The van der Waals surface area contributed by atoms with Gasteiger partial charge in [0, 0.05) is 16.8 Å². The lowest BCUT2D eigenvalue weighted by molar-refractivity contribution is 0.776. The van der Waals surface area contributed by atoms with Crippen LogP contribution in [0.5, 0.6) is 0 Å². The Morgan fingerprint density at radius 2 is 0.808 bits per heavy atom. The summed E-state index contributed by atoms with van der Waals surface area (Å²) in [5.74, 6) is 0. The molecule has 52 heavy (non-hydrogen) atoms. The maximum atomic E-state index is 2.47. The summed E-state index contributed by atoms with van der Waals surface area (Å²) in [4.78, 5) is 2.43. The molecule has 1 spiro atoms. The van der Waals surface area contributed by atoms with Crippen molar-refractivity contribution in [3.8, 4) is 33.4 Å². The first-order valence-corrected chi connectivity index (χ1v) is 18.1. The SMILES string of the molecule is c1ccc(N(c2ccc3c(c2)-c2ccccc2-c2ccccc2C32c3ccccc3-c3cc4ccccc4cc32)c2cccc3ccccc23)cc1. The summed E-state index contributed by atoms with van der Waals surface area (Å²) >= 11 is 0. The molecule has 9 aromatic carbocycles. The second-order valence-corrected chi connectivity index (χ2v) is 14.0. The van der Waals surface area contributed by atoms with Crippen LogP contribution in [0.3, 0.4) is 0 Å². The Balaban J connectivity index is 1.28. The quantitative estimate of drug-likeness (QED) is 0.182. The number of fused-ring (bicyclic) bond motifs is 14. The van der Waals surface area contributed by atoms with Crippen LogP contribution in [0, 0.1) is 0 Å². The van der Waals surface area contributed by atoms with E-state index in [0.29, 0.717) is 0 Å². The summed E-state index contributed by atoms with van der Waals surface area (Å²) in [7, 11) is 0. The second kappa shape index (κ2) is 11.2. The Labute approximate surface area is 303 Å². The van der Waals surface area contributed by atoms with Crippen molar-refractivity contribution in [2.24, 2.45) is 0 Å². The Hall–Kier alpha value is -6.70. The normalized spacial score (nSPS) is 15.0. The molecule has 9 aromatic rings. The summed E-state index contributed by atoms with van der Waals surface area (Å²) in [6.07, 6.45) is 0. The van der Waals surface area contributed by atoms with Gasteiger partial charge in [0.05, 0.1) is 11.1 Å². The molecule has 0 aliphatic heterocycles. The lowest BCUT2D eigenvalue weighted by Crippen LogP contribution is -2.29. The number of hydrogen-bond acceptors (Lipinski definition) is 1. The van der Waals surface area contributed by atoms with Crippen LogP contribution in [0.1, 0.15) is 22.3 Å². The van der Waals surface area contributed by atoms with Crippen molar-refractivity contribution in [1.29, 1.82) is 0 Å². The van der Waals surface area contributed by atoms with Crippen molar-refractivity contribution in [3.63, 3.8) is 0 Å². The average Bonchev–Trinajstić information content (AvgIpc) is 3.44.